The molecule has 2 unspecified atom stereocenters. The second-order valence-electron chi connectivity index (χ2n) is 8.34. The van der Waals surface area contributed by atoms with Gasteiger partial charge in [-0.1, -0.05) is 48.0 Å². The molecule has 2 atom stereocenters. The monoisotopic (exact) mass is 428 g/mol. The number of ether oxygens (including phenoxy) is 1. The third-order valence-corrected chi connectivity index (χ3v) is 6.00. The van der Waals surface area contributed by atoms with Gasteiger partial charge in [0, 0.05) is 30.3 Å². The molecule has 0 aromatic heterocycles. The van der Waals surface area contributed by atoms with E-state index in [-0.39, 0.29) is 23.7 Å². The molecule has 32 heavy (non-hydrogen) atoms. The molecule has 0 bridgehead atoms. The largest absolute Gasteiger partial charge is 0.497 e. The fourth-order valence-corrected chi connectivity index (χ4v) is 4.30. The SMILES string of the molecule is COc1ccc(NC(=O)C2CC(c3cccc(C)c3)CN(C(=O)c3ccccc3)C2)cc1. The fourth-order valence-electron chi connectivity index (χ4n) is 4.30. The van der Waals surface area contributed by atoms with Gasteiger partial charge in [0.2, 0.25) is 5.91 Å². The van der Waals surface area contributed by atoms with Crippen LogP contribution >= 0.6 is 0 Å². The number of benzene rings is 3. The molecule has 5 heteroatoms. The van der Waals surface area contributed by atoms with Gasteiger partial charge in [-0.15, -0.1) is 0 Å². The normalized spacial score (nSPS) is 18.1. The van der Waals surface area contributed by atoms with Crippen molar-refractivity contribution in [3.8, 4) is 5.75 Å². The van der Waals surface area contributed by atoms with Crippen LogP contribution in [0, 0.1) is 12.8 Å². The number of hydrogen-bond acceptors (Lipinski definition) is 3. The molecule has 1 N–H and O–H groups in total. The number of anilines is 1. The number of aryl methyl sites for hydroxylation is 1. The van der Waals surface area contributed by atoms with Crippen molar-refractivity contribution in [2.24, 2.45) is 5.92 Å². The van der Waals surface area contributed by atoms with Gasteiger partial charge in [0.25, 0.3) is 5.91 Å². The Balaban J connectivity index is 1.57. The molecule has 3 aromatic rings. The summed E-state index contributed by atoms with van der Waals surface area (Å²) in [6, 6.07) is 24.9. The van der Waals surface area contributed by atoms with Gasteiger partial charge in [0.1, 0.15) is 5.75 Å². The highest BCUT2D eigenvalue weighted by atomic mass is 16.5. The van der Waals surface area contributed by atoms with Crippen molar-refractivity contribution in [1.29, 1.82) is 0 Å². The van der Waals surface area contributed by atoms with Gasteiger partial charge in [-0.2, -0.15) is 0 Å². The summed E-state index contributed by atoms with van der Waals surface area (Å²) < 4.78 is 5.19. The lowest BCUT2D eigenvalue weighted by atomic mass is 9.83. The first kappa shape index (κ1) is 21.6. The lowest BCUT2D eigenvalue weighted by Crippen LogP contribution is -2.46. The predicted octanol–water partition coefficient (Wildman–Crippen LogP) is 4.89. The minimum atomic E-state index is -0.302. The van der Waals surface area contributed by atoms with E-state index in [0.29, 0.717) is 25.1 Å². The van der Waals surface area contributed by atoms with E-state index in [9.17, 15) is 9.59 Å². The van der Waals surface area contributed by atoms with Crippen LogP contribution in [-0.4, -0.2) is 36.9 Å². The van der Waals surface area contributed by atoms with Crippen molar-refractivity contribution in [2.45, 2.75) is 19.3 Å². The maximum absolute atomic E-state index is 13.2. The van der Waals surface area contributed by atoms with Crippen LogP contribution in [0.5, 0.6) is 5.75 Å². The smallest absolute Gasteiger partial charge is 0.253 e. The Bertz CT molecular complexity index is 1080. The summed E-state index contributed by atoms with van der Waals surface area (Å²) in [5, 5.41) is 3.01. The van der Waals surface area contributed by atoms with Crippen molar-refractivity contribution in [1.82, 2.24) is 4.90 Å². The molecular formula is C27H28N2O3. The molecule has 5 nitrogen and oxygen atoms in total. The number of carbonyl (C=O) groups excluding carboxylic acids is 2. The molecule has 1 heterocycles. The molecular weight excluding hydrogens is 400 g/mol. The number of rotatable bonds is 5. The minimum absolute atomic E-state index is 0.0369. The first-order valence-electron chi connectivity index (χ1n) is 10.9. The summed E-state index contributed by atoms with van der Waals surface area (Å²) >= 11 is 0. The zero-order valence-corrected chi connectivity index (χ0v) is 18.5. The number of hydrogen-bond donors (Lipinski definition) is 1. The summed E-state index contributed by atoms with van der Waals surface area (Å²) in [6.07, 6.45) is 0.698. The fraction of sp³-hybridized carbons (Fsp3) is 0.259. The molecule has 164 valence electrons. The van der Waals surface area contributed by atoms with Crippen LogP contribution in [0.25, 0.3) is 0 Å². The maximum Gasteiger partial charge on any atom is 0.253 e. The molecule has 0 spiro atoms. The van der Waals surface area contributed by atoms with E-state index < -0.39 is 0 Å². The molecule has 0 radical (unpaired) electrons. The molecule has 0 saturated carbocycles. The van der Waals surface area contributed by atoms with Crippen LogP contribution in [0.4, 0.5) is 5.69 Å². The lowest BCUT2D eigenvalue weighted by molar-refractivity contribution is -0.121. The summed E-state index contributed by atoms with van der Waals surface area (Å²) in [5.41, 5.74) is 3.70. The van der Waals surface area contributed by atoms with Crippen LogP contribution < -0.4 is 10.1 Å². The number of methoxy groups -OCH3 is 1. The maximum atomic E-state index is 13.2. The third-order valence-electron chi connectivity index (χ3n) is 6.00. The second-order valence-corrected chi connectivity index (χ2v) is 8.34. The number of amides is 2. The van der Waals surface area contributed by atoms with Crippen molar-refractivity contribution in [3.63, 3.8) is 0 Å². The van der Waals surface area contributed by atoms with E-state index in [4.69, 9.17) is 4.74 Å². The molecule has 1 fully saturated rings. The first-order valence-corrected chi connectivity index (χ1v) is 10.9. The average molecular weight is 429 g/mol. The highest BCUT2D eigenvalue weighted by Crippen LogP contribution is 2.32. The van der Waals surface area contributed by atoms with Gasteiger partial charge < -0.3 is 15.0 Å². The number of likely N-dealkylation sites (tertiary alicyclic amines) is 1. The number of piperidine rings is 1. The summed E-state index contributed by atoms with van der Waals surface area (Å²) in [4.78, 5) is 28.2. The van der Waals surface area contributed by atoms with Crippen LogP contribution in [0.2, 0.25) is 0 Å². The number of nitrogens with zero attached hydrogens (tertiary/aromatic N) is 1. The Hall–Kier alpha value is -3.60. The second kappa shape index (κ2) is 9.69. The molecule has 1 aliphatic heterocycles. The van der Waals surface area contributed by atoms with Gasteiger partial charge in [0.15, 0.2) is 0 Å². The first-order chi connectivity index (χ1) is 15.5. The molecule has 2 amide bonds. The van der Waals surface area contributed by atoms with Crippen LogP contribution in [0.15, 0.2) is 78.9 Å². The van der Waals surface area contributed by atoms with E-state index >= 15 is 0 Å². The highest BCUT2D eigenvalue weighted by Gasteiger charge is 2.35. The van der Waals surface area contributed by atoms with Gasteiger partial charge in [-0.25, -0.2) is 0 Å². The average Bonchev–Trinajstić information content (AvgIpc) is 2.84. The zero-order chi connectivity index (χ0) is 22.5. The highest BCUT2D eigenvalue weighted by molar-refractivity contribution is 5.96. The van der Waals surface area contributed by atoms with Crippen LogP contribution in [0.3, 0.4) is 0 Å². The van der Waals surface area contributed by atoms with Gasteiger partial charge in [-0.3, -0.25) is 9.59 Å². The van der Waals surface area contributed by atoms with Crippen LogP contribution in [0.1, 0.15) is 33.8 Å². The number of carbonyl (C=O) groups is 2. The third kappa shape index (κ3) is 4.99. The summed E-state index contributed by atoms with van der Waals surface area (Å²) in [5.74, 6) is 0.426. The van der Waals surface area contributed by atoms with E-state index in [0.717, 1.165) is 17.0 Å². The molecule has 4 rings (SSSR count). The van der Waals surface area contributed by atoms with Crippen molar-refractivity contribution < 1.29 is 14.3 Å². The topological polar surface area (TPSA) is 58.6 Å². The van der Waals surface area contributed by atoms with Gasteiger partial charge in [0.05, 0.1) is 13.0 Å². The Morgan fingerprint density at radius 2 is 1.69 bits per heavy atom. The Morgan fingerprint density at radius 1 is 0.938 bits per heavy atom. The Kier molecular flexibility index (Phi) is 6.55. The summed E-state index contributed by atoms with van der Waals surface area (Å²) in [7, 11) is 1.61. The van der Waals surface area contributed by atoms with Crippen molar-refractivity contribution >= 4 is 17.5 Å². The van der Waals surface area contributed by atoms with E-state index in [1.807, 2.05) is 65.6 Å². The van der Waals surface area contributed by atoms with E-state index in [1.54, 1.807) is 7.11 Å². The molecule has 0 aliphatic carbocycles. The quantitative estimate of drug-likeness (QED) is 0.630. The lowest BCUT2D eigenvalue weighted by Gasteiger charge is -2.37. The minimum Gasteiger partial charge on any atom is -0.497 e. The van der Waals surface area contributed by atoms with Gasteiger partial charge >= 0.3 is 0 Å². The standard InChI is InChI=1S/C27H28N2O3/c1-19-7-6-10-21(15-19)22-16-23(26(30)28-24-11-13-25(32-2)14-12-24)18-29(17-22)27(31)20-8-4-3-5-9-20/h3-15,22-23H,16-18H2,1-2H3,(H,28,30). The van der Waals surface area contributed by atoms with E-state index in [2.05, 4.69) is 30.4 Å². The Morgan fingerprint density at radius 3 is 2.38 bits per heavy atom. The predicted molar refractivity (Wildman–Crippen MR) is 126 cm³/mol. The van der Waals surface area contributed by atoms with Crippen molar-refractivity contribution in [2.75, 3.05) is 25.5 Å². The Labute approximate surface area is 189 Å². The van der Waals surface area contributed by atoms with Crippen LogP contribution in [-0.2, 0) is 4.79 Å². The zero-order valence-electron chi connectivity index (χ0n) is 18.5. The molecule has 1 aliphatic rings. The van der Waals surface area contributed by atoms with Crippen molar-refractivity contribution in [3.05, 3.63) is 95.6 Å². The molecule has 3 aromatic carbocycles. The van der Waals surface area contributed by atoms with Gasteiger partial charge in [-0.05, 0) is 55.3 Å². The molecule has 1 saturated heterocycles. The number of nitrogens with one attached hydrogen (secondary N) is 1. The van der Waals surface area contributed by atoms with E-state index in [1.165, 1.54) is 5.56 Å². The summed E-state index contributed by atoms with van der Waals surface area (Å²) in [6.45, 7) is 3.06.